The van der Waals surface area contributed by atoms with E-state index in [1.54, 1.807) is 7.11 Å². The summed E-state index contributed by atoms with van der Waals surface area (Å²) in [5, 5.41) is 3.27. The number of methoxy groups -OCH3 is 1. The molecule has 0 saturated carbocycles. The van der Waals surface area contributed by atoms with Crippen LogP contribution in [0.2, 0.25) is 0 Å². The Labute approximate surface area is 94.5 Å². The minimum atomic E-state index is 0.620. The molecule has 0 aromatic rings. The number of ether oxygens (including phenoxy) is 2. The van der Waals surface area contributed by atoms with Crippen LogP contribution in [0.25, 0.3) is 0 Å². The van der Waals surface area contributed by atoms with Crippen molar-refractivity contribution >= 4 is 0 Å². The van der Waals surface area contributed by atoms with E-state index in [9.17, 15) is 0 Å². The van der Waals surface area contributed by atoms with Crippen molar-refractivity contribution < 1.29 is 9.47 Å². The molecule has 15 heavy (non-hydrogen) atoms. The Kier molecular flexibility index (Phi) is 10.3. The van der Waals surface area contributed by atoms with Gasteiger partial charge in [-0.15, -0.1) is 0 Å². The molecule has 2 unspecified atom stereocenters. The normalized spacial score (nSPS) is 15.2. The minimum absolute atomic E-state index is 0.620. The lowest BCUT2D eigenvalue weighted by Gasteiger charge is -2.16. The number of hydrogen-bond acceptors (Lipinski definition) is 3. The third-order valence-corrected chi connectivity index (χ3v) is 2.67. The summed E-state index contributed by atoms with van der Waals surface area (Å²) >= 11 is 0. The van der Waals surface area contributed by atoms with Crippen molar-refractivity contribution in [3.05, 3.63) is 0 Å². The van der Waals surface area contributed by atoms with Crippen LogP contribution in [0, 0.1) is 5.92 Å². The number of nitrogens with one attached hydrogen (secondary N) is 1. The number of hydrogen-bond donors (Lipinski definition) is 1. The van der Waals surface area contributed by atoms with Crippen LogP contribution in [-0.2, 0) is 9.47 Å². The van der Waals surface area contributed by atoms with Gasteiger partial charge in [-0.05, 0) is 39.2 Å². The molecule has 0 heterocycles. The Balaban J connectivity index is 3.20. The van der Waals surface area contributed by atoms with Gasteiger partial charge in [0.15, 0.2) is 0 Å². The van der Waals surface area contributed by atoms with Gasteiger partial charge in [-0.25, -0.2) is 0 Å². The lowest BCUT2D eigenvalue weighted by atomic mass is 9.98. The summed E-state index contributed by atoms with van der Waals surface area (Å²) in [5.41, 5.74) is 0. The van der Waals surface area contributed by atoms with Gasteiger partial charge in [-0.1, -0.05) is 6.92 Å². The zero-order valence-corrected chi connectivity index (χ0v) is 10.7. The van der Waals surface area contributed by atoms with Crippen LogP contribution in [0.3, 0.4) is 0 Å². The summed E-state index contributed by atoms with van der Waals surface area (Å²) in [7, 11) is 3.72. The summed E-state index contributed by atoms with van der Waals surface area (Å²) in [4.78, 5) is 0. The molecule has 0 aromatic heterocycles. The van der Waals surface area contributed by atoms with Crippen LogP contribution in [0.15, 0.2) is 0 Å². The Morgan fingerprint density at radius 1 is 1.13 bits per heavy atom. The van der Waals surface area contributed by atoms with Gasteiger partial charge in [-0.2, -0.15) is 0 Å². The summed E-state index contributed by atoms with van der Waals surface area (Å²) in [6.07, 6.45) is 3.65. The van der Waals surface area contributed by atoms with Gasteiger partial charge in [0.2, 0.25) is 0 Å². The fourth-order valence-corrected chi connectivity index (χ4v) is 1.62. The van der Waals surface area contributed by atoms with Crippen molar-refractivity contribution in [3.63, 3.8) is 0 Å². The highest BCUT2D eigenvalue weighted by atomic mass is 16.5. The zero-order chi connectivity index (χ0) is 11.5. The molecular weight excluding hydrogens is 190 g/mol. The Bertz CT molecular complexity index is 131. The van der Waals surface area contributed by atoms with Gasteiger partial charge in [0, 0.05) is 19.8 Å². The fraction of sp³-hybridized carbons (Fsp3) is 1.00. The lowest BCUT2D eigenvalue weighted by Crippen LogP contribution is -2.23. The smallest absolute Gasteiger partial charge is 0.0700 e. The van der Waals surface area contributed by atoms with Crippen LogP contribution >= 0.6 is 0 Å². The van der Waals surface area contributed by atoms with Gasteiger partial charge in [-0.3, -0.25) is 0 Å². The first-order valence-corrected chi connectivity index (χ1v) is 5.94. The average Bonchev–Trinajstić information content (AvgIpc) is 2.23. The molecular formula is C12H27NO2. The molecule has 0 bridgehead atoms. The maximum Gasteiger partial charge on any atom is 0.0700 e. The van der Waals surface area contributed by atoms with E-state index in [2.05, 4.69) is 19.2 Å². The van der Waals surface area contributed by atoms with E-state index in [0.717, 1.165) is 25.6 Å². The minimum Gasteiger partial charge on any atom is -0.382 e. The van der Waals surface area contributed by atoms with Gasteiger partial charge >= 0.3 is 0 Å². The monoisotopic (exact) mass is 217 g/mol. The second-order valence-electron chi connectivity index (χ2n) is 4.28. The van der Waals surface area contributed by atoms with E-state index >= 15 is 0 Å². The summed E-state index contributed by atoms with van der Waals surface area (Å²) in [6.45, 7) is 6.82. The quantitative estimate of drug-likeness (QED) is 0.568. The molecule has 2 atom stereocenters. The number of rotatable bonds is 10. The van der Waals surface area contributed by atoms with Crippen LogP contribution in [0.1, 0.15) is 33.1 Å². The second-order valence-corrected chi connectivity index (χ2v) is 4.28. The molecule has 0 aromatic carbocycles. The van der Waals surface area contributed by atoms with Gasteiger partial charge in [0.1, 0.15) is 0 Å². The Morgan fingerprint density at radius 3 is 2.47 bits per heavy atom. The standard InChI is InChI=1S/C12H27NO2/c1-11(10-12(2)13-3)6-5-7-15-9-8-14-4/h11-13H,5-10H2,1-4H3. The Morgan fingerprint density at radius 2 is 1.87 bits per heavy atom. The summed E-state index contributed by atoms with van der Waals surface area (Å²) < 4.78 is 10.3. The molecule has 3 heteroatoms. The highest BCUT2D eigenvalue weighted by Crippen LogP contribution is 2.12. The maximum atomic E-state index is 5.42. The molecule has 0 spiro atoms. The molecule has 0 radical (unpaired) electrons. The first-order valence-electron chi connectivity index (χ1n) is 5.94. The topological polar surface area (TPSA) is 30.5 Å². The predicted molar refractivity (Wildman–Crippen MR) is 64.2 cm³/mol. The first kappa shape index (κ1) is 14.9. The lowest BCUT2D eigenvalue weighted by molar-refractivity contribution is 0.0672. The van der Waals surface area contributed by atoms with E-state index in [-0.39, 0.29) is 0 Å². The molecule has 0 saturated heterocycles. The fourth-order valence-electron chi connectivity index (χ4n) is 1.62. The van der Waals surface area contributed by atoms with Crippen molar-refractivity contribution in [2.45, 2.75) is 39.2 Å². The molecule has 92 valence electrons. The van der Waals surface area contributed by atoms with Crippen molar-refractivity contribution in [2.24, 2.45) is 5.92 Å². The van der Waals surface area contributed by atoms with Gasteiger partial charge in [0.25, 0.3) is 0 Å². The SMILES string of the molecule is CNC(C)CC(C)CCCOCCOC. The van der Waals surface area contributed by atoms with Crippen molar-refractivity contribution in [2.75, 3.05) is 34.0 Å². The summed E-state index contributed by atoms with van der Waals surface area (Å²) in [5.74, 6) is 0.776. The highest BCUT2D eigenvalue weighted by Gasteiger charge is 2.06. The highest BCUT2D eigenvalue weighted by molar-refractivity contribution is 4.62. The van der Waals surface area contributed by atoms with Crippen molar-refractivity contribution in [1.82, 2.24) is 5.32 Å². The van der Waals surface area contributed by atoms with Crippen LogP contribution in [0.4, 0.5) is 0 Å². The van der Waals surface area contributed by atoms with E-state index in [4.69, 9.17) is 9.47 Å². The largest absolute Gasteiger partial charge is 0.382 e. The van der Waals surface area contributed by atoms with Gasteiger partial charge < -0.3 is 14.8 Å². The predicted octanol–water partition coefficient (Wildman–Crippen LogP) is 2.06. The molecule has 0 aliphatic rings. The van der Waals surface area contributed by atoms with Gasteiger partial charge in [0.05, 0.1) is 13.2 Å². The summed E-state index contributed by atoms with van der Waals surface area (Å²) in [6, 6.07) is 0.620. The van der Waals surface area contributed by atoms with Crippen LogP contribution < -0.4 is 5.32 Å². The third-order valence-electron chi connectivity index (χ3n) is 2.67. The van der Waals surface area contributed by atoms with E-state index in [1.807, 2.05) is 7.05 Å². The van der Waals surface area contributed by atoms with E-state index < -0.39 is 0 Å². The average molecular weight is 217 g/mol. The van der Waals surface area contributed by atoms with E-state index in [0.29, 0.717) is 12.6 Å². The molecule has 1 N–H and O–H groups in total. The van der Waals surface area contributed by atoms with Crippen molar-refractivity contribution in [3.8, 4) is 0 Å². The molecule has 0 aliphatic carbocycles. The molecule has 0 aliphatic heterocycles. The molecule has 0 amide bonds. The Hall–Kier alpha value is -0.120. The molecule has 0 rings (SSSR count). The zero-order valence-electron chi connectivity index (χ0n) is 10.7. The maximum absolute atomic E-state index is 5.42. The van der Waals surface area contributed by atoms with E-state index in [1.165, 1.54) is 12.8 Å². The van der Waals surface area contributed by atoms with Crippen LogP contribution in [-0.4, -0.2) is 40.0 Å². The third kappa shape index (κ3) is 10.2. The van der Waals surface area contributed by atoms with Crippen molar-refractivity contribution in [1.29, 1.82) is 0 Å². The second kappa shape index (κ2) is 10.4. The van der Waals surface area contributed by atoms with Crippen LogP contribution in [0.5, 0.6) is 0 Å². The molecule has 0 fully saturated rings. The first-order chi connectivity index (χ1) is 7.20. The molecule has 3 nitrogen and oxygen atoms in total.